The molecule has 0 atom stereocenters. The van der Waals surface area contributed by atoms with Gasteiger partial charge in [-0.1, -0.05) is 6.07 Å². The Hall–Kier alpha value is -2.54. The lowest BCUT2D eigenvalue weighted by Gasteiger charge is -2.11. The molecule has 2 N–H and O–H groups in total. The maximum absolute atomic E-state index is 12.1. The molecule has 1 heterocycles. The van der Waals surface area contributed by atoms with Crippen molar-refractivity contribution >= 4 is 23.2 Å². The number of amides is 2. The monoisotopic (exact) mass is 348 g/mol. The Labute approximate surface area is 144 Å². The second kappa shape index (κ2) is 8.93. The molecule has 0 aliphatic carbocycles. The van der Waals surface area contributed by atoms with Crippen LogP contribution in [0.4, 0.5) is 0 Å². The number of rotatable bonds is 7. The summed E-state index contributed by atoms with van der Waals surface area (Å²) in [6.07, 6.45) is 0.962. The molecule has 128 valence electrons. The van der Waals surface area contributed by atoms with Crippen molar-refractivity contribution in [2.24, 2.45) is 0 Å². The molecule has 2 rings (SSSR count). The van der Waals surface area contributed by atoms with Gasteiger partial charge in [0.25, 0.3) is 5.91 Å². The average molecular weight is 348 g/mol. The second-order valence-electron chi connectivity index (χ2n) is 4.88. The van der Waals surface area contributed by atoms with Gasteiger partial charge in [0.05, 0.1) is 13.7 Å². The van der Waals surface area contributed by atoms with Crippen LogP contribution in [0.1, 0.15) is 28.6 Å². The van der Waals surface area contributed by atoms with E-state index in [4.69, 9.17) is 9.47 Å². The van der Waals surface area contributed by atoms with Gasteiger partial charge in [0.15, 0.2) is 11.5 Å². The highest BCUT2D eigenvalue weighted by atomic mass is 32.1. The van der Waals surface area contributed by atoms with Crippen molar-refractivity contribution in [1.82, 2.24) is 10.9 Å². The standard InChI is InChI=1S/C17H20N2O4S/c1-3-23-14-8-6-12(11-15(14)22-2)17(21)19-18-16(20)9-7-13-5-4-10-24-13/h4-6,8,10-11H,3,7,9H2,1-2H3,(H,18,20)(H,19,21). The largest absolute Gasteiger partial charge is 0.493 e. The first-order valence-electron chi connectivity index (χ1n) is 7.56. The van der Waals surface area contributed by atoms with Crippen molar-refractivity contribution < 1.29 is 19.1 Å². The van der Waals surface area contributed by atoms with E-state index in [1.54, 1.807) is 29.5 Å². The molecule has 1 aromatic carbocycles. The Morgan fingerprint density at radius 1 is 1.17 bits per heavy atom. The van der Waals surface area contributed by atoms with Gasteiger partial charge in [-0.25, -0.2) is 0 Å². The predicted molar refractivity (Wildman–Crippen MR) is 92.4 cm³/mol. The van der Waals surface area contributed by atoms with E-state index in [1.807, 2.05) is 24.4 Å². The van der Waals surface area contributed by atoms with Gasteiger partial charge in [0.1, 0.15) is 0 Å². The average Bonchev–Trinajstić information content (AvgIpc) is 3.12. The van der Waals surface area contributed by atoms with E-state index in [9.17, 15) is 9.59 Å². The summed E-state index contributed by atoms with van der Waals surface area (Å²) >= 11 is 1.60. The minimum Gasteiger partial charge on any atom is -0.493 e. The van der Waals surface area contributed by atoms with Gasteiger partial charge in [-0.2, -0.15) is 0 Å². The summed E-state index contributed by atoms with van der Waals surface area (Å²) in [5.41, 5.74) is 5.18. The summed E-state index contributed by atoms with van der Waals surface area (Å²) in [4.78, 5) is 25.0. The van der Waals surface area contributed by atoms with Crippen LogP contribution in [0.15, 0.2) is 35.7 Å². The lowest BCUT2D eigenvalue weighted by molar-refractivity contribution is -0.121. The van der Waals surface area contributed by atoms with Crippen LogP contribution in [0.25, 0.3) is 0 Å². The molecule has 0 fully saturated rings. The molecule has 0 aliphatic rings. The first-order chi connectivity index (χ1) is 11.6. The van der Waals surface area contributed by atoms with E-state index in [0.29, 0.717) is 36.5 Å². The van der Waals surface area contributed by atoms with Gasteiger partial charge in [0, 0.05) is 16.9 Å². The minimum absolute atomic E-state index is 0.241. The van der Waals surface area contributed by atoms with Crippen molar-refractivity contribution in [3.8, 4) is 11.5 Å². The zero-order valence-electron chi connectivity index (χ0n) is 13.6. The highest BCUT2D eigenvalue weighted by Crippen LogP contribution is 2.27. The third-order valence-corrected chi connectivity index (χ3v) is 4.16. The number of methoxy groups -OCH3 is 1. The SMILES string of the molecule is CCOc1ccc(C(=O)NNC(=O)CCc2cccs2)cc1OC. The van der Waals surface area contributed by atoms with E-state index < -0.39 is 5.91 Å². The number of hydrazine groups is 1. The molecule has 7 heteroatoms. The quantitative estimate of drug-likeness (QED) is 0.754. The highest BCUT2D eigenvalue weighted by Gasteiger charge is 2.12. The zero-order valence-corrected chi connectivity index (χ0v) is 14.4. The van der Waals surface area contributed by atoms with E-state index in [2.05, 4.69) is 10.9 Å². The number of aryl methyl sites for hydroxylation is 1. The second-order valence-corrected chi connectivity index (χ2v) is 5.91. The Morgan fingerprint density at radius 2 is 2.00 bits per heavy atom. The number of carbonyl (C=O) groups is 2. The fourth-order valence-corrected chi connectivity index (χ4v) is 2.75. The molecule has 2 aromatic rings. The molecule has 0 radical (unpaired) electrons. The van der Waals surface area contributed by atoms with Crippen LogP contribution in [-0.2, 0) is 11.2 Å². The van der Waals surface area contributed by atoms with Crippen LogP contribution in [0.3, 0.4) is 0 Å². The molecule has 0 aliphatic heterocycles. The number of nitrogens with one attached hydrogen (secondary N) is 2. The first-order valence-corrected chi connectivity index (χ1v) is 8.44. The molecular weight excluding hydrogens is 328 g/mol. The molecule has 6 nitrogen and oxygen atoms in total. The van der Waals surface area contributed by atoms with E-state index >= 15 is 0 Å². The Kier molecular flexibility index (Phi) is 6.62. The smallest absolute Gasteiger partial charge is 0.269 e. The summed E-state index contributed by atoms with van der Waals surface area (Å²) in [7, 11) is 1.51. The van der Waals surface area contributed by atoms with Gasteiger partial charge in [-0.15, -0.1) is 11.3 Å². The third-order valence-electron chi connectivity index (χ3n) is 3.22. The Balaban J connectivity index is 1.86. The topological polar surface area (TPSA) is 76.7 Å². The first kappa shape index (κ1) is 17.8. The molecule has 0 spiro atoms. The van der Waals surface area contributed by atoms with Gasteiger partial charge >= 0.3 is 0 Å². The maximum atomic E-state index is 12.1. The van der Waals surface area contributed by atoms with Crippen LogP contribution in [0, 0.1) is 0 Å². The van der Waals surface area contributed by atoms with Gasteiger partial charge in [-0.05, 0) is 43.0 Å². The summed E-state index contributed by atoms with van der Waals surface area (Å²) in [6.45, 7) is 2.37. The molecule has 2 amide bonds. The summed E-state index contributed by atoms with van der Waals surface area (Å²) in [5, 5.41) is 1.97. The third kappa shape index (κ3) is 4.99. The summed E-state index contributed by atoms with van der Waals surface area (Å²) in [5.74, 6) is 0.375. The molecule has 0 unspecified atom stereocenters. The number of carbonyl (C=O) groups excluding carboxylic acids is 2. The summed E-state index contributed by atoms with van der Waals surface area (Å²) < 4.78 is 10.6. The Morgan fingerprint density at radius 3 is 2.67 bits per heavy atom. The van der Waals surface area contributed by atoms with Crippen LogP contribution >= 0.6 is 11.3 Å². The lowest BCUT2D eigenvalue weighted by atomic mass is 10.2. The van der Waals surface area contributed by atoms with Gasteiger partial charge < -0.3 is 9.47 Å². The fourth-order valence-electron chi connectivity index (χ4n) is 2.04. The summed E-state index contributed by atoms with van der Waals surface area (Å²) in [6, 6.07) is 8.76. The number of hydrogen-bond acceptors (Lipinski definition) is 5. The van der Waals surface area contributed by atoms with Crippen LogP contribution in [0.5, 0.6) is 11.5 Å². The predicted octanol–water partition coefficient (Wildman–Crippen LogP) is 2.55. The minimum atomic E-state index is -0.416. The normalized spacial score (nSPS) is 10.1. The van der Waals surface area contributed by atoms with Crippen molar-refractivity contribution in [1.29, 1.82) is 0 Å². The van der Waals surface area contributed by atoms with Crippen LogP contribution in [-0.4, -0.2) is 25.5 Å². The molecule has 0 saturated carbocycles. The molecular formula is C17H20N2O4S. The highest BCUT2D eigenvalue weighted by molar-refractivity contribution is 7.09. The molecule has 0 saturated heterocycles. The zero-order chi connectivity index (χ0) is 17.4. The van der Waals surface area contributed by atoms with Gasteiger partial charge in [0.2, 0.25) is 5.91 Å². The molecule has 0 bridgehead atoms. The lowest BCUT2D eigenvalue weighted by Crippen LogP contribution is -2.41. The van der Waals surface area contributed by atoms with E-state index in [-0.39, 0.29) is 5.91 Å². The Bertz CT molecular complexity index is 686. The van der Waals surface area contributed by atoms with Crippen molar-refractivity contribution in [2.75, 3.05) is 13.7 Å². The number of hydrogen-bond donors (Lipinski definition) is 2. The van der Waals surface area contributed by atoms with Crippen molar-refractivity contribution in [3.63, 3.8) is 0 Å². The van der Waals surface area contributed by atoms with E-state index in [0.717, 1.165) is 4.88 Å². The number of benzene rings is 1. The van der Waals surface area contributed by atoms with Gasteiger partial charge in [-0.3, -0.25) is 20.4 Å². The number of thiophene rings is 1. The van der Waals surface area contributed by atoms with Crippen LogP contribution in [0.2, 0.25) is 0 Å². The number of ether oxygens (including phenoxy) is 2. The van der Waals surface area contributed by atoms with E-state index in [1.165, 1.54) is 7.11 Å². The van der Waals surface area contributed by atoms with Crippen molar-refractivity contribution in [2.45, 2.75) is 19.8 Å². The van der Waals surface area contributed by atoms with Crippen LogP contribution < -0.4 is 20.3 Å². The fraction of sp³-hybridized carbons (Fsp3) is 0.294. The maximum Gasteiger partial charge on any atom is 0.269 e. The van der Waals surface area contributed by atoms with Crippen molar-refractivity contribution in [3.05, 3.63) is 46.2 Å². The molecule has 24 heavy (non-hydrogen) atoms. The molecule has 1 aromatic heterocycles.